The summed E-state index contributed by atoms with van der Waals surface area (Å²) in [6, 6.07) is 0. The van der Waals surface area contributed by atoms with Gasteiger partial charge in [0.1, 0.15) is 0 Å². The van der Waals surface area contributed by atoms with Gasteiger partial charge < -0.3 is 14.2 Å². The highest BCUT2D eigenvalue weighted by molar-refractivity contribution is 6.16. The average molecular weight is 283 g/mol. The van der Waals surface area contributed by atoms with E-state index in [0.717, 1.165) is 19.3 Å². The summed E-state index contributed by atoms with van der Waals surface area (Å²) in [5, 5.41) is 2.20. The molecule has 0 radical (unpaired) electrons. The number of hydrogen-bond donors (Lipinski definition) is 1. The number of nitrogens with one attached hydrogen (secondary N) is 1. The maximum atomic E-state index is 11.4. The number of ether oxygens (including phenoxy) is 3. The molecule has 0 bridgehead atoms. The van der Waals surface area contributed by atoms with Gasteiger partial charge in [-0.3, -0.25) is 14.9 Å². The van der Waals surface area contributed by atoms with E-state index < -0.39 is 0 Å². The number of rotatable bonds is 6. The molecule has 1 saturated carbocycles. The fraction of sp³-hybridized carbons (Fsp3) is 0.714. The Bertz CT molecular complexity index is 394. The van der Waals surface area contributed by atoms with Crippen LogP contribution in [0.25, 0.3) is 0 Å². The third-order valence-electron chi connectivity index (χ3n) is 3.94. The lowest BCUT2D eigenvalue weighted by Gasteiger charge is -2.36. The van der Waals surface area contributed by atoms with E-state index in [1.165, 1.54) is 6.08 Å². The van der Waals surface area contributed by atoms with Crippen molar-refractivity contribution in [3.8, 4) is 0 Å². The van der Waals surface area contributed by atoms with Crippen LogP contribution in [0.5, 0.6) is 0 Å². The summed E-state index contributed by atoms with van der Waals surface area (Å²) in [6.07, 6.45) is 4.57. The average Bonchev–Trinajstić information content (AvgIpc) is 2.77. The Kier molecular flexibility index (Phi) is 5.28. The van der Waals surface area contributed by atoms with Crippen molar-refractivity contribution in [3.05, 3.63) is 11.6 Å². The quantitative estimate of drug-likeness (QED) is 0.715. The van der Waals surface area contributed by atoms with Gasteiger partial charge in [0, 0.05) is 31.8 Å². The number of carbonyl (C=O) groups is 2. The Morgan fingerprint density at radius 1 is 1.20 bits per heavy atom. The molecule has 0 aromatic rings. The maximum absolute atomic E-state index is 11.4. The van der Waals surface area contributed by atoms with Crippen molar-refractivity contribution in [2.24, 2.45) is 5.92 Å². The van der Waals surface area contributed by atoms with Crippen molar-refractivity contribution in [2.75, 3.05) is 27.4 Å². The van der Waals surface area contributed by atoms with Crippen LogP contribution in [0.4, 0.5) is 0 Å². The highest BCUT2D eigenvalue weighted by atomic mass is 16.5. The minimum Gasteiger partial charge on any atom is -0.381 e. The molecule has 6 heteroatoms. The molecule has 112 valence electrons. The molecule has 1 aliphatic carbocycles. The Balaban J connectivity index is 1.86. The first kappa shape index (κ1) is 15.2. The molecule has 0 saturated heterocycles. The molecule has 2 atom stereocenters. The van der Waals surface area contributed by atoms with Gasteiger partial charge in [-0.25, -0.2) is 0 Å². The first-order chi connectivity index (χ1) is 9.65. The number of methoxy groups -OCH3 is 2. The molecule has 6 nitrogen and oxygen atoms in total. The summed E-state index contributed by atoms with van der Waals surface area (Å²) < 4.78 is 16.6. The smallest absolute Gasteiger partial charge is 0.256 e. The third kappa shape index (κ3) is 3.45. The molecule has 1 fully saturated rings. The van der Waals surface area contributed by atoms with Crippen LogP contribution in [-0.2, 0) is 23.8 Å². The van der Waals surface area contributed by atoms with Crippen molar-refractivity contribution in [3.63, 3.8) is 0 Å². The molecular formula is C14H21NO5. The highest BCUT2D eigenvalue weighted by Crippen LogP contribution is 2.29. The first-order valence-electron chi connectivity index (χ1n) is 6.85. The van der Waals surface area contributed by atoms with Crippen LogP contribution in [-0.4, -0.2) is 51.5 Å². The fourth-order valence-corrected chi connectivity index (χ4v) is 2.85. The Hall–Kier alpha value is -1.24. The minimum absolute atomic E-state index is 0.113. The van der Waals surface area contributed by atoms with Gasteiger partial charge in [-0.1, -0.05) is 0 Å². The topological polar surface area (TPSA) is 73.9 Å². The van der Waals surface area contributed by atoms with Gasteiger partial charge in [0.05, 0.1) is 25.4 Å². The monoisotopic (exact) mass is 283 g/mol. The number of amides is 2. The van der Waals surface area contributed by atoms with Gasteiger partial charge >= 0.3 is 0 Å². The van der Waals surface area contributed by atoms with Crippen LogP contribution in [0, 0.1) is 5.92 Å². The zero-order chi connectivity index (χ0) is 14.5. The zero-order valence-electron chi connectivity index (χ0n) is 11.9. The van der Waals surface area contributed by atoms with Gasteiger partial charge in [0.25, 0.3) is 11.8 Å². The van der Waals surface area contributed by atoms with Crippen LogP contribution in [0.1, 0.15) is 19.3 Å². The van der Waals surface area contributed by atoms with Crippen LogP contribution >= 0.6 is 0 Å². The van der Waals surface area contributed by atoms with Gasteiger partial charge in [-0.15, -0.1) is 0 Å². The van der Waals surface area contributed by atoms with Crippen molar-refractivity contribution < 1.29 is 23.8 Å². The van der Waals surface area contributed by atoms with Crippen LogP contribution in [0.3, 0.4) is 0 Å². The second-order valence-corrected chi connectivity index (χ2v) is 5.15. The molecule has 1 aliphatic heterocycles. The van der Waals surface area contributed by atoms with E-state index in [-0.39, 0.29) is 36.5 Å². The Morgan fingerprint density at radius 3 is 2.35 bits per heavy atom. The summed E-state index contributed by atoms with van der Waals surface area (Å²) in [7, 11) is 3.39. The predicted molar refractivity (Wildman–Crippen MR) is 71.0 cm³/mol. The standard InChI is InChI=1S/C14H21NO5/c1-18-11-4-3-5-12(19-2)10(11)8-20-7-9-6-13(16)15-14(9)17/h6,10-12H,3-5,7-8H2,1-2H3,(H,15,16,17)/t11-,12-/m0/s1. The van der Waals surface area contributed by atoms with Crippen molar-refractivity contribution >= 4 is 11.8 Å². The summed E-state index contributed by atoms with van der Waals surface area (Å²) in [5.74, 6) is -0.597. The van der Waals surface area contributed by atoms with Crippen LogP contribution < -0.4 is 5.32 Å². The summed E-state index contributed by atoms with van der Waals surface area (Å²) in [5.41, 5.74) is 0.369. The lowest BCUT2D eigenvalue weighted by molar-refractivity contribution is -0.124. The van der Waals surface area contributed by atoms with Gasteiger partial charge in [0.15, 0.2) is 0 Å². The third-order valence-corrected chi connectivity index (χ3v) is 3.94. The summed E-state index contributed by atoms with van der Waals surface area (Å²) in [4.78, 5) is 22.4. The molecule has 0 aromatic heterocycles. The minimum atomic E-state index is -0.379. The van der Waals surface area contributed by atoms with E-state index in [2.05, 4.69) is 5.32 Å². The SMILES string of the molecule is CO[C@H]1CCC[C@H](OC)C1COCC1=CC(=O)NC1=O. The second-order valence-electron chi connectivity index (χ2n) is 5.15. The van der Waals surface area contributed by atoms with Crippen LogP contribution in [0.15, 0.2) is 11.6 Å². The Labute approximate surface area is 118 Å². The normalized spacial score (nSPS) is 27.6. The molecule has 0 aromatic carbocycles. The molecule has 1 N–H and O–H groups in total. The molecule has 20 heavy (non-hydrogen) atoms. The van der Waals surface area contributed by atoms with Crippen molar-refractivity contribution in [1.29, 1.82) is 0 Å². The molecule has 0 unspecified atom stereocenters. The lowest BCUT2D eigenvalue weighted by Crippen LogP contribution is -2.41. The largest absolute Gasteiger partial charge is 0.381 e. The van der Waals surface area contributed by atoms with Gasteiger partial charge in [-0.2, -0.15) is 0 Å². The molecular weight excluding hydrogens is 262 g/mol. The molecule has 2 rings (SSSR count). The van der Waals surface area contributed by atoms with E-state index in [9.17, 15) is 9.59 Å². The summed E-state index contributed by atoms with van der Waals surface area (Å²) in [6.45, 7) is 0.594. The Morgan fingerprint density at radius 2 is 1.85 bits per heavy atom. The predicted octanol–water partition coefficient (Wildman–Crippen LogP) is 0.416. The fourth-order valence-electron chi connectivity index (χ4n) is 2.85. The van der Waals surface area contributed by atoms with E-state index in [0.29, 0.717) is 12.2 Å². The van der Waals surface area contributed by atoms with Crippen LogP contribution in [0.2, 0.25) is 0 Å². The first-order valence-corrected chi connectivity index (χ1v) is 6.85. The van der Waals surface area contributed by atoms with Crippen molar-refractivity contribution in [1.82, 2.24) is 5.32 Å². The van der Waals surface area contributed by atoms with Gasteiger partial charge in [-0.05, 0) is 19.3 Å². The highest BCUT2D eigenvalue weighted by Gasteiger charge is 2.34. The molecule has 2 aliphatic rings. The van der Waals surface area contributed by atoms with E-state index in [1.807, 2.05) is 0 Å². The second kappa shape index (κ2) is 6.97. The van der Waals surface area contributed by atoms with Gasteiger partial charge in [0.2, 0.25) is 0 Å². The molecule has 0 spiro atoms. The number of imide groups is 1. The van der Waals surface area contributed by atoms with E-state index in [4.69, 9.17) is 14.2 Å². The van der Waals surface area contributed by atoms with E-state index in [1.54, 1.807) is 14.2 Å². The number of hydrogen-bond acceptors (Lipinski definition) is 5. The molecule has 2 amide bonds. The van der Waals surface area contributed by atoms with Crippen molar-refractivity contribution in [2.45, 2.75) is 31.5 Å². The van der Waals surface area contributed by atoms with E-state index >= 15 is 0 Å². The maximum Gasteiger partial charge on any atom is 0.256 e. The lowest BCUT2D eigenvalue weighted by atomic mass is 9.84. The number of carbonyl (C=O) groups excluding carboxylic acids is 2. The summed E-state index contributed by atoms with van der Waals surface area (Å²) >= 11 is 0. The molecule has 1 heterocycles. The zero-order valence-corrected chi connectivity index (χ0v) is 11.9.